The van der Waals surface area contributed by atoms with Crippen molar-refractivity contribution in [3.8, 4) is 5.75 Å². The first kappa shape index (κ1) is 23.0. The summed E-state index contributed by atoms with van der Waals surface area (Å²) in [7, 11) is 0. The lowest BCUT2D eigenvalue weighted by molar-refractivity contribution is -0.00462. The highest BCUT2D eigenvalue weighted by molar-refractivity contribution is 6.30. The lowest BCUT2D eigenvalue weighted by Crippen LogP contribution is -2.32. The average molecular weight is 442 g/mol. The van der Waals surface area contributed by atoms with Gasteiger partial charge in [-0.15, -0.1) is 5.23 Å². The molecule has 0 radical (unpaired) electrons. The molecular weight excluding hydrogens is 426 g/mol. The first-order valence-electron chi connectivity index (χ1n) is 8.14. The van der Waals surface area contributed by atoms with E-state index < -0.39 is 41.4 Å². The summed E-state index contributed by atoms with van der Waals surface area (Å²) in [6, 6.07) is 8.90. The minimum absolute atomic E-state index is 0.255. The number of rotatable bonds is 9. The SMILES string of the molecule is NC(=O)OCC(COc1ccc(Cl)cc1)OC(=O)c1cc(N([O-])[O-])cc(N(O)O)c1. The molecule has 2 aromatic carbocycles. The van der Waals surface area contributed by atoms with Gasteiger partial charge < -0.3 is 35.6 Å². The molecule has 13 heteroatoms. The van der Waals surface area contributed by atoms with Gasteiger partial charge in [-0.2, -0.15) is 0 Å². The summed E-state index contributed by atoms with van der Waals surface area (Å²) in [5, 5.41) is 39.5. The van der Waals surface area contributed by atoms with Crippen LogP contribution in [0.2, 0.25) is 5.02 Å². The monoisotopic (exact) mass is 441 g/mol. The quantitative estimate of drug-likeness (QED) is 0.383. The predicted molar refractivity (Wildman–Crippen MR) is 103 cm³/mol. The van der Waals surface area contributed by atoms with Gasteiger partial charge in [0.15, 0.2) is 6.10 Å². The van der Waals surface area contributed by atoms with Crippen molar-refractivity contribution in [3.05, 3.63) is 63.5 Å². The Morgan fingerprint density at radius 3 is 2.27 bits per heavy atom. The highest BCUT2D eigenvalue weighted by Gasteiger charge is 2.20. The van der Waals surface area contributed by atoms with E-state index in [2.05, 4.69) is 4.74 Å². The van der Waals surface area contributed by atoms with Crippen LogP contribution in [0.4, 0.5) is 16.2 Å². The zero-order valence-electron chi connectivity index (χ0n) is 15.1. The smallest absolute Gasteiger partial charge is 0.404 e. The zero-order valence-corrected chi connectivity index (χ0v) is 15.9. The van der Waals surface area contributed by atoms with Crippen LogP contribution in [0.5, 0.6) is 5.75 Å². The molecule has 0 aliphatic heterocycles. The molecule has 0 heterocycles. The summed E-state index contributed by atoms with van der Waals surface area (Å²) >= 11 is 5.78. The number of carbonyl (C=O) groups excluding carboxylic acids is 2. The van der Waals surface area contributed by atoms with E-state index in [1.807, 2.05) is 0 Å². The van der Waals surface area contributed by atoms with Crippen molar-refractivity contribution in [3.63, 3.8) is 0 Å². The summed E-state index contributed by atoms with van der Waals surface area (Å²) in [6.45, 7) is -0.711. The number of ether oxygens (including phenoxy) is 3. The molecule has 4 N–H and O–H groups in total. The van der Waals surface area contributed by atoms with Crippen molar-refractivity contribution in [2.75, 3.05) is 23.7 Å². The second kappa shape index (κ2) is 10.5. The summed E-state index contributed by atoms with van der Waals surface area (Å²) in [6.07, 6.45) is -2.25. The third kappa shape index (κ3) is 6.95. The van der Waals surface area contributed by atoms with Crippen LogP contribution in [0.3, 0.4) is 0 Å². The molecule has 0 aliphatic carbocycles. The van der Waals surface area contributed by atoms with Gasteiger partial charge in [-0.3, -0.25) is 10.4 Å². The highest BCUT2D eigenvalue weighted by atomic mass is 35.5. The first-order valence-corrected chi connectivity index (χ1v) is 8.52. The van der Waals surface area contributed by atoms with Gasteiger partial charge in [-0.05, 0) is 42.5 Å². The molecule has 1 atom stereocenters. The predicted octanol–water partition coefficient (Wildman–Crippen LogP) is 2.43. The molecule has 2 rings (SSSR count). The van der Waals surface area contributed by atoms with E-state index in [1.165, 1.54) is 0 Å². The highest BCUT2D eigenvalue weighted by Crippen LogP contribution is 2.24. The maximum Gasteiger partial charge on any atom is 0.404 e. The van der Waals surface area contributed by atoms with Gasteiger partial charge >= 0.3 is 12.1 Å². The summed E-state index contributed by atoms with van der Waals surface area (Å²) < 4.78 is 15.3. The minimum atomic E-state index is -1.14. The minimum Gasteiger partial charge on any atom is -0.769 e. The van der Waals surface area contributed by atoms with Crippen molar-refractivity contribution in [1.29, 1.82) is 0 Å². The third-order valence-corrected chi connectivity index (χ3v) is 3.77. The molecule has 0 spiro atoms. The maximum absolute atomic E-state index is 12.4. The van der Waals surface area contributed by atoms with Crippen LogP contribution in [0.15, 0.2) is 42.5 Å². The first-order chi connectivity index (χ1) is 14.2. The van der Waals surface area contributed by atoms with Gasteiger partial charge in [0.1, 0.15) is 19.0 Å². The van der Waals surface area contributed by atoms with E-state index in [-0.39, 0.29) is 17.4 Å². The van der Waals surface area contributed by atoms with Gasteiger partial charge in [-0.1, -0.05) is 11.6 Å². The second-order valence-electron chi connectivity index (χ2n) is 5.71. The number of nitrogens with two attached hydrogens (primary N) is 1. The fourth-order valence-electron chi connectivity index (χ4n) is 2.16. The van der Waals surface area contributed by atoms with Crippen molar-refractivity contribution in [2.24, 2.45) is 5.73 Å². The number of halogens is 1. The van der Waals surface area contributed by atoms with Crippen LogP contribution in [0, 0.1) is 10.4 Å². The van der Waals surface area contributed by atoms with Crippen molar-refractivity contribution in [1.82, 2.24) is 0 Å². The normalized spacial score (nSPS) is 11.4. The van der Waals surface area contributed by atoms with Gasteiger partial charge in [0.2, 0.25) is 0 Å². The Kier molecular flexibility index (Phi) is 8.03. The number of hydrogen-bond donors (Lipinski definition) is 3. The van der Waals surface area contributed by atoms with Gasteiger partial charge in [0.25, 0.3) is 0 Å². The number of amides is 1. The van der Waals surface area contributed by atoms with Crippen LogP contribution in [-0.2, 0) is 9.47 Å². The van der Waals surface area contributed by atoms with E-state index in [0.29, 0.717) is 10.8 Å². The Morgan fingerprint density at radius 2 is 1.70 bits per heavy atom. The van der Waals surface area contributed by atoms with Crippen LogP contribution in [0.1, 0.15) is 10.4 Å². The van der Waals surface area contributed by atoms with Crippen LogP contribution in [0.25, 0.3) is 0 Å². The molecule has 162 valence electrons. The Hall–Kier alpha value is -3.29. The largest absolute Gasteiger partial charge is 0.769 e. The molecule has 0 saturated carbocycles. The number of esters is 1. The van der Waals surface area contributed by atoms with Crippen LogP contribution in [-0.4, -0.2) is 41.8 Å². The molecule has 0 aliphatic rings. The zero-order chi connectivity index (χ0) is 22.3. The molecule has 0 saturated heterocycles. The summed E-state index contributed by atoms with van der Waals surface area (Å²) in [4.78, 5) is 23.3. The summed E-state index contributed by atoms with van der Waals surface area (Å²) in [5.41, 5.74) is 3.53. The van der Waals surface area contributed by atoms with Gasteiger partial charge in [-0.25, -0.2) is 9.59 Å². The molecule has 0 bridgehead atoms. The second-order valence-corrected chi connectivity index (χ2v) is 6.14. The third-order valence-electron chi connectivity index (χ3n) is 3.51. The molecule has 1 amide bonds. The lowest BCUT2D eigenvalue weighted by atomic mass is 10.1. The van der Waals surface area contributed by atoms with E-state index in [1.54, 1.807) is 24.3 Å². The molecular formula is C17H16ClN3O9-2. The van der Waals surface area contributed by atoms with E-state index in [0.717, 1.165) is 18.2 Å². The number of primary amides is 1. The fraction of sp³-hybridized carbons (Fsp3) is 0.176. The lowest BCUT2D eigenvalue weighted by Gasteiger charge is -2.38. The van der Waals surface area contributed by atoms with Gasteiger partial charge in [0, 0.05) is 10.7 Å². The molecule has 12 nitrogen and oxygen atoms in total. The van der Waals surface area contributed by atoms with Crippen molar-refractivity contribution >= 4 is 35.0 Å². The number of nitrogens with zero attached hydrogens (tertiary/aromatic N) is 2. The van der Waals surface area contributed by atoms with Crippen molar-refractivity contribution in [2.45, 2.75) is 6.10 Å². The van der Waals surface area contributed by atoms with Crippen LogP contribution < -0.4 is 20.9 Å². The number of anilines is 2. The van der Waals surface area contributed by atoms with Crippen LogP contribution >= 0.6 is 11.6 Å². The molecule has 0 fully saturated rings. The molecule has 0 aromatic heterocycles. The Balaban J connectivity index is 2.16. The Labute approximate surface area is 174 Å². The van der Waals surface area contributed by atoms with E-state index in [4.69, 9.17) is 37.2 Å². The number of carbonyl (C=O) groups is 2. The standard InChI is InChI=1S/C17H16ClN3O9/c18-11-1-3-14(4-2-11)28-8-15(9-29-17(19)23)30-16(22)10-5-12(20(24)25)7-13(6-10)21(26)27/h1-7,15,24-25H,8-9H2,(H2,19,23)/q-2. The molecule has 30 heavy (non-hydrogen) atoms. The maximum atomic E-state index is 12.4. The van der Waals surface area contributed by atoms with Crippen molar-refractivity contribution < 1.29 is 34.2 Å². The number of benzene rings is 2. The van der Waals surface area contributed by atoms with E-state index in [9.17, 15) is 20.0 Å². The summed E-state index contributed by atoms with van der Waals surface area (Å²) in [5.74, 6) is -0.687. The Morgan fingerprint density at radius 1 is 1.07 bits per heavy atom. The topological polar surface area (TPSA) is 181 Å². The van der Waals surface area contributed by atoms with Gasteiger partial charge in [0.05, 0.1) is 11.3 Å². The van der Waals surface area contributed by atoms with E-state index >= 15 is 0 Å². The number of hydrogen-bond acceptors (Lipinski definition) is 11. The fourth-order valence-corrected chi connectivity index (χ4v) is 2.29. The molecule has 1 unspecified atom stereocenters. The molecule has 2 aromatic rings. The Bertz CT molecular complexity index is 851. The average Bonchev–Trinajstić information content (AvgIpc) is 2.70.